The normalized spacial score (nSPS) is 11.9. The number of hydrogen-bond donors (Lipinski definition) is 3. The van der Waals surface area contributed by atoms with Crippen molar-refractivity contribution in [1.29, 1.82) is 0 Å². The molecule has 0 atom stereocenters. The number of hydrogen-bond acceptors (Lipinski definition) is 6. The quantitative estimate of drug-likeness (QED) is 0.229. The van der Waals surface area contributed by atoms with Crippen LogP contribution in [0.5, 0.6) is 0 Å². The van der Waals surface area contributed by atoms with Crippen molar-refractivity contribution in [3.05, 3.63) is 65.5 Å². The minimum absolute atomic E-state index is 0.101. The Bertz CT molecular complexity index is 1800. The zero-order chi connectivity index (χ0) is 26.4. The molecule has 0 spiro atoms. The fraction of sp³-hybridized carbons (Fsp3) is 0.179. The first-order chi connectivity index (χ1) is 18.2. The fourth-order valence-corrected chi connectivity index (χ4v) is 5.12. The minimum atomic E-state index is -0.477. The van der Waals surface area contributed by atoms with Crippen molar-refractivity contribution in [2.24, 2.45) is 5.41 Å². The topological polar surface area (TPSA) is 112 Å². The van der Waals surface area contributed by atoms with Crippen molar-refractivity contribution in [2.45, 2.75) is 27.2 Å². The van der Waals surface area contributed by atoms with E-state index in [0.29, 0.717) is 45.8 Å². The van der Waals surface area contributed by atoms with Crippen molar-refractivity contribution in [3.8, 4) is 33.8 Å². The second-order valence-electron chi connectivity index (χ2n) is 10.4. The minimum Gasteiger partial charge on any atom is -0.335 e. The van der Waals surface area contributed by atoms with E-state index in [1.807, 2.05) is 44.4 Å². The summed E-state index contributed by atoms with van der Waals surface area (Å²) < 4.78 is 15.2. The number of anilines is 1. The molecule has 6 aromatic rings. The summed E-state index contributed by atoms with van der Waals surface area (Å²) in [5.74, 6) is -0.0681. The molecule has 5 aromatic heterocycles. The van der Waals surface area contributed by atoms with Crippen molar-refractivity contribution in [3.63, 3.8) is 0 Å². The lowest BCUT2D eigenvalue weighted by atomic mass is 9.92. The predicted octanol–water partition coefficient (Wildman–Crippen LogP) is 6.81. The molecular weight excluding hydrogens is 501 g/mol. The number of rotatable bonds is 5. The number of nitrogens with one attached hydrogen (secondary N) is 3. The Morgan fingerprint density at radius 2 is 1.97 bits per heavy atom. The molecule has 1 amide bonds. The van der Waals surface area contributed by atoms with E-state index in [1.165, 1.54) is 6.07 Å². The van der Waals surface area contributed by atoms with Crippen LogP contribution in [-0.4, -0.2) is 36.0 Å². The van der Waals surface area contributed by atoms with Crippen LogP contribution in [0, 0.1) is 11.2 Å². The zero-order valence-corrected chi connectivity index (χ0v) is 21.8. The number of pyridine rings is 2. The average molecular weight is 526 g/mol. The zero-order valence-electron chi connectivity index (χ0n) is 21.0. The number of aromatic nitrogens is 6. The molecular formula is C28H24FN7OS. The number of amides is 1. The molecule has 0 aliphatic heterocycles. The van der Waals surface area contributed by atoms with Crippen molar-refractivity contribution >= 4 is 45.0 Å². The Hall–Kier alpha value is -4.44. The summed E-state index contributed by atoms with van der Waals surface area (Å²) in [6.45, 7) is 6.01. The van der Waals surface area contributed by atoms with Crippen LogP contribution in [0.2, 0.25) is 0 Å². The lowest BCUT2D eigenvalue weighted by Crippen LogP contribution is -2.19. The Kier molecular flexibility index (Phi) is 5.76. The van der Waals surface area contributed by atoms with Crippen LogP contribution in [0.4, 0.5) is 10.1 Å². The molecule has 8 nitrogen and oxygen atoms in total. The fourth-order valence-electron chi connectivity index (χ4n) is 4.46. The molecule has 0 unspecified atom stereocenters. The van der Waals surface area contributed by atoms with E-state index in [-0.39, 0.29) is 16.8 Å². The SMILES string of the molecule is CC(C)(C)CC(=O)Nc1cncc(-c2cc(F)c3n[nH]c(-c4nc5nccc(-c6ccsc6)c5[nH]4)c3c2)c1. The summed E-state index contributed by atoms with van der Waals surface area (Å²) in [4.78, 5) is 29.1. The first-order valence-corrected chi connectivity index (χ1v) is 13.0. The highest BCUT2D eigenvalue weighted by atomic mass is 32.1. The summed E-state index contributed by atoms with van der Waals surface area (Å²) in [5.41, 5.74) is 5.85. The molecule has 3 N–H and O–H groups in total. The lowest BCUT2D eigenvalue weighted by Gasteiger charge is -2.17. The van der Waals surface area contributed by atoms with Gasteiger partial charge in [-0.05, 0) is 57.6 Å². The molecule has 0 bridgehead atoms. The van der Waals surface area contributed by atoms with Gasteiger partial charge >= 0.3 is 0 Å². The van der Waals surface area contributed by atoms with Gasteiger partial charge in [-0.15, -0.1) is 0 Å². The molecule has 5 heterocycles. The highest BCUT2D eigenvalue weighted by molar-refractivity contribution is 7.08. The van der Waals surface area contributed by atoms with Crippen molar-refractivity contribution in [2.75, 3.05) is 5.32 Å². The Balaban J connectivity index is 1.40. The number of aromatic amines is 2. The number of carbonyl (C=O) groups is 1. The molecule has 0 saturated heterocycles. The van der Waals surface area contributed by atoms with Gasteiger partial charge in [-0.3, -0.25) is 14.9 Å². The summed E-state index contributed by atoms with van der Waals surface area (Å²) in [5, 5.41) is 14.7. The van der Waals surface area contributed by atoms with Gasteiger partial charge in [-0.25, -0.2) is 14.4 Å². The first kappa shape index (κ1) is 23.9. The molecule has 0 radical (unpaired) electrons. The summed E-state index contributed by atoms with van der Waals surface area (Å²) in [6.07, 6.45) is 5.31. The van der Waals surface area contributed by atoms with Gasteiger partial charge in [-0.2, -0.15) is 16.4 Å². The molecule has 190 valence electrons. The molecule has 0 aliphatic carbocycles. The van der Waals surface area contributed by atoms with Crippen molar-refractivity contribution < 1.29 is 9.18 Å². The van der Waals surface area contributed by atoms with Crippen LogP contribution in [0.25, 0.3) is 55.8 Å². The summed E-state index contributed by atoms with van der Waals surface area (Å²) in [6, 6.07) is 9.03. The van der Waals surface area contributed by atoms with Crippen LogP contribution in [0.1, 0.15) is 27.2 Å². The molecule has 38 heavy (non-hydrogen) atoms. The second-order valence-corrected chi connectivity index (χ2v) is 11.1. The monoisotopic (exact) mass is 525 g/mol. The van der Waals surface area contributed by atoms with E-state index in [0.717, 1.165) is 16.6 Å². The van der Waals surface area contributed by atoms with Gasteiger partial charge < -0.3 is 10.3 Å². The maximum Gasteiger partial charge on any atom is 0.224 e. The van der Waals surface area contributed by atoms with E-state index in [4.69, 9.17) is 0 Å². The number of halogens is 1. The Labute approximate surface area is 221 Å². The number of thiophene rings is 1. The third kappa shape index (κ3) is 4.54. The van der Waals surface area contributed by atoms with E-state index < -0.39 is 5.82 Å². The maximum atomic E-state index is 15.2. The van der Waals surface area contributed by atoms with Crippen LogP contribution in [0.3, 0.4) is 0 Å². The lowest BCUT2D eigenvalue weighted by molar-refractivity contribution is -0.117. The molecule has 0 aliphatic rings. The molecule has 6 rings (SSSR count). The molecule has 1 aromatic carbocycles. The van der Waals surface area contributed by atoms with Gasteiger partial charge in [0.1, 0.15) is 11.2 Å². The number of imidazole rings is 1. The Morgan fingerprint density at radius 3 is 2.76 bits per heavy atom. The van der Waals surface area contributed by atoms with Gasteiger partial charge in [0.05, 0.1) is 17.4 Å². The van der Waals surface area contributed by atoms with Gasteiger partial charge in [-0.1, -0.05) is 20.8 Å². The van der Waals surface area contributed by atoms with Gasteiger partial charge in [0.15, 0.2) is 17.3 Å². The smallest absolute Gasteiger partial charge is 0.224 e. The van der Waals surface area contributed by atoms with Crippen LogP contribution >= 0.6 is 11.3 Å². The maximum absolute atomic E-state index is 15.2. The molecule has 10 heteroatoms. The van der Waals surface area contributed by atoms with Crippen molar-refractivity contribution in [1.82, 2.24) is 30.1 Å². The Morgan fingerprint density at radius 1 is 1.11 bits per heavy atom. The predicted molar refractivity (Wildman–Crippen MR) is 148 cm³/mol. The highest BCUT2D eigenvalue weighted by Crippen LogP contribution is 2.34. The standard InChI is InChI=1S/C28H24FN7OS/c1-28(2,3)11-22(37)32-18-8-17(12-30-13-18)16-9-20-23(21(29)10-16)35-36-25(20)27-33-24-19(15-5-7-38-14-15)4-6-31-26(24)34-27/h4-10,12-14H,11H2,1-3H3,(H,32,37)(H,35,36)(H,31,33,34). The number of fused-ring (bicyclic) bond motifs is 2. The molecule has 0 saturated carbocycles. The second kappa shape index (κ2) is 9.14. The number of H-pyrrole nitrogens is 2. The van der Waals surface area contributed by atoms with Crippen LogP contribution in [-0.2, 0) is 4.79 Å². The summed E-state index contributed by atoms with van der Waals surface area (Å²) >= 11 is 1.62. The highest BCUT2D eigenvalue weighted by Gasteiger charge is 2.19. The average Bonchev–Trinajstić information content (AvgIpc) is 3.61. The first-order valence-electron chi connectivity index (χ1n) is 12.1. The van der Waals surface area contributed by atoms with E-state index in [9.17, 15) is 4.79 Å². The third-order valence-corrected chi connectivity index (χ3v) is 6.80. The van der Waals surface area contributed by atoms with E-state index >= 15 is 4.39 Å². The van der Waals surface area contributed by atoms with E-state index in [2.05, 4.69) is 40.8 Å². The molecule has 0 fully saturated rings. The number of carbonyl (C=O) groups excluding carboxylic acids is 1. The van der Waals surface area contributed by atoms with Crippen LogP contribution in [0.15, 0.2) is 59.7 Å². The van der Waals surface area contributed by atoms with Crippen LogP contribution < -0.4 is 5.32 Å². The third-order valence-electron chi connectivity index (χ3n) is 6.12. The number of nitrogens with zero attached hydrogens (tertiary/aromatic N) is 4. The summed E-state index contributed by atoms with van der Waals surface area (Å²) in [7, 11) is 0. The largest absolute Gasteiger partial charge is 0.335 e. The number of benzene rings is 1. The van der Waals surface area contributed by atoms with E-state index in [1.54, 1.807) is 36.0 Å². The van der Waals surface area contributed by atoms with Gasteiger partial charge in [0.25, 0.3) is 0 Å². The van der Waals surface area contributed by atoms with Gasteiger partial charge in [0.2, 0.25) is 5.91 Å². The van der Waals surface area contributed by atoms with Gasteiger partial charge in [0, 0.05) is 35.3 Å².